The van der Waals surface area contributed by atoms with Gasteiger partial charge < -0.3 is 9.94 Å². The number of ether oxygens (including phenoxy) is 1. The molecular formula is C12H9BrFN3O2. The lowest BCUT2D eigenvalue weighted by molar-refractivity contribution is 0.320. The van der Waals surface area contributed by atoms with Crippen molar-refractivity contribution in [3.8, 4) is 11.5 Å². The molecule has 0 atom stereocenters. The van der Waals surface area contributed by atoms with Gasteiger partial charge in [0.05, 0.1) is 24.3 Å². The van der Waals surface area contributed by atoms with Crippen LogP contribution >= 0.6 is 15.9 Å². The maximum atomic E-state index is 12.9. The Hall–Kier alpha value is -2.02. The van der Waals surface area contributed by atoms with Crippen molar-refractivity contribution in [2.75, 3.05) is 0 Å². The number of rotatable bonds is 4. The van der Waals surface area contributed by atoms with Gasteiger partial charge in [-0.3, -0.25) is 9.97 Å². The van der Waals surface area contributed by atoms with Gasteiger partial charge >= 0.3 is 0 Å². The number of nitrogens with zero attached hydrogens (tertiary/aromatic N) is 3. The minimum Gasteiger partial charge on any atom is -0.454 e. The molecule has 0 saturated heterocycles. The van der Waals surface area contributed by atoms with Crippen LogP contribution in [0, 0.1) is 5.82 Å². The van der Waals surface area contributed by atoms with Crippen LogP contribution in [0.2, 0.25) is 0 Å². The summed E-state index contributed by atoms with van der Waals surface area (Å²) in [7, 11) is 0. The van der Waals surface area contributed by atoms with Gasteiger partial charge in [0.1, 0.15) is 17.3 Å². The number of hydrogen-bond donors (Lipinski definition) is 1. The van der Waals surface area contributed by atoms with E-state index in [2.05, 4.69) is 31.1 Å². The van der Waals surface area contributed by atoms with Gasteiger partial charge in [0.25, 0.3) is 0 Å². The Balaban J connectivity index is 2.16. The Morgan fingerprint density at radius 1 is 1.32 bits per heavy atom. The van der Waals surface area contributed by atoms with E-state index >= 15 is 0 Å². The molecule has 0 bridgehead atoms. The second-order valence-corrected chi connectivity index (χ2v) is 4.40. The molecule has 0 fully saturated rings. The fraction of sp³-hybridized carbons (Fsp3) is 0.0833. The normalized spacial score (nSPS) is 10.8. The lowest BCUT2D eigenvalue weighted by Crippen LogP contribution is -1.94. The second kappa shape index (κ2) is 6.24. The first-order valence-corrected chi connectivity index (χ1v) is 6.07. The van der Waals surface area contributed by atoms with Crippen molar-refractivity contribution < 1.29 is 14.3 Å². The van der Waals surface area contributed by atoms with Crippen LogP contribution in [-0.2, 0) is 6.42 Å². The topological polar surface area (TPSA) is 67.6 Å². The smallest absolute Gasteiger partial charge is 0.148 e. The number of halogens is 2. The molecule has 7 heteroatoms. The summed E-state index contributed by atoms with van der Waals surface area (Å²) in [6.07, 6.45) is 5.71. The molecule has 0 aliphatic rings. The Labute approximate surface area is 116 Å². The fourth-order valence-electron chi connectivity index (χ4n) is 1.37. The SMILES string of the molecule is O/N=C/Cc1ncc(Oc2cncc(F)c2)cc1Br. The zero-order valence-corrected chi connectivity index (χ0v) is 11.2. The first-order valence-electron chi connectivity index (χ1n) is 5.28. The third kappa shape index (κ3) is 3.72. The zero-order valence-electron chi connectivity index (χ0n) is 9.62. The Morgan fingerprint density at radius 3 is 2.79 bits per heavy atom. The van der Waals surface area contributed by atoms with Crippen LogP contribution in [-0.4, -0.2) is 21.4 Å². The molecule has 0 amide bonds. The molecule has 0 spiro atoms. The summed E-state index contributed by atoms with van der Waals surface area (Å²) in [5.74, 6) is 0.266. The van der Waals surface area contributed by atoms with E-state index in [1.54, 1.807) is 6.07 Å². The molecule has 0 radical (unpaired) electrons. The predicted octanol–water partition coefficient (Wildman–Crippen LogP) is 3.17. The van der Waals surface area contributed by atoms with E-state index in [0.29, 0.717) is 28.1 Å². The van der Waals surface area contributed by atoms with Crippen LogP contribution in [0.3, 0.4) is 0 Å². The monoisotopic (exact) mass is 325 g/mol. The third-order valence-electron chi connectivity index (χ3n) is 2.17. The van der Waals surface area contributed by atoms with E-state index < -0.39 is 5.82 Å². The van der Waals surface area contributed by atoms with Crippen LogP contribution in [0.1, 0.15) is 5.69 Å². The van der Waals surface area contributed by atoms with Crippen LogP contribution in [0.15, 0.2) is 40.4 Å². The molecule has 2 aromatic rings. The van der Waals surface area contributed by atoms with Gasteiger partial charge in [-0.2, -0.15) is 0 Å². The fourth-order valence-corrected chi connectivity index (χ4v) is 1.86. The summed E-state index contributed by atoms with van der Waals surface area (Å²) in [5.41, 5.74) is 0.697. The van der Waals surface area contributed by atoms with E-state index in [1.165, 1.54) is 24.7 Å². The van der Waals surface area contributed by atoms with E-state index in [-0.39, 0.29) is 0 Å². The van der Waals surface area contributed by atoms with Gasteiger partial charge in [-0.25, -0.2) is 4.39 Å². The van der Waals surface area contributed by atoms with Crippen molar-refractivity contribution in [1.29, 1.82) is 0 Å². The lowest BCUT2D eigenvalue weighted by Gasteiger charge is -2.07. The van der Waals surface area contributed by atoms with Crippen molar-refractivity contribution >= 4 is 22.1 Å². The van der Waals surface area contributed by atoms with Crippen LogP contribution < -0.4 is 4.74 Å². The highest BCUT2D eigenvalue weighted by Crippen LogP contribution is 2.25. The quantitative estimate of drug-likeness (QED) is 0.532. The summed E-state index contributed by atoms with van der Waals surface area (Å²) in [5, 5.41) is 11.3. The van der Waals surface area contributed by atoms with Crippen molar-refractivity contribution in [3.05, 3.63) is 46.7 Å². The Bertz CT molecular complexity index is 607. The molecule has 1 N–H and O–H groups in total. The predicted molar refractivity (Wildman–Crippen MR) is 70.2 cm³/mol. The molecule has 2 aromatic heterocycles. The van der Waals surface area contributed by atoms with Gasteiger partial charge in [0, 0.05) is 23.2 Å². The van der Waals surface area contributed by atoms with E-state index in [1.807, 2.05) is 0 Å². The molecule has 19 heavy (non-hydrogen) atoms. The minimum atomic E-state index is -0.472. The average molecular weight is 326 g/mol. The molecule has 98 valence electrons. The molecular weight excluding hydrogens is 317 g/mol. The molecule has 0 aliphatic carbocycles. The first kappa shape index (κ1) is 13.4. The average Bonchev–Trinajstić information content (AvgIpc) is 2.38. The highest BCUT2D eigenvalue weighted by Gasteiger charge is 2.05. The van der Waals surface area contributed by atoms with E-state index in [4.69, 9.17) is 9.94 Å². The summed E-state index contributed by atoms with van der Waals surface area (Å²) in [4.78, 5) is 7.83. The van der Waals surface area contributed by atoms with Crippen LogP contribution in [0.4, 0.5) is 4.39 Å². The van der Waals surface area contributed by atoms with Gasteiger partial charge in [0.15, 0.2) is 0 Å². The zero-order chi connectivity index (χ0) is 13.7. The molecule has 0 saturated carbocycles. The largest absolute Gasteiger partial charge is 0.454 e. The van der Waals surface area contributed by atoms with Crippen LogP contribution in [0.25, 0.3) is 0 Å². The Morgan fingerprint density at radius 2 is 2.11 bits per heavy atom. The summed E-state index contributed by atoms with van der Waals surface area (Å²) < 4.78 is 19.1. The molecule has 2 rings (SSSR count). The van der Waals surface area contributed by atoms with Gasteiger partial charge in [-0.15, -0.1) is 5.16 Å². The van der Waals surface area contributed by atoms with Crippen LogP contribution in [0.5, 0.6) is 11.5 Å². The summed E-state index contributed by atoms with van der Waals surface area (Å²) in [6.45, 7) is 0. The number of pyridine rings is 2. The van der Waals surface area contributed by atoms with Gasteiger partial charge in [-0.05, 0) is 22.0 Å². The first-order chi connectivity index (χ1) is 9.19. The number of oxime groups is 1. The Kier molecular flexibility index (Phi) is 4.40. The van der Waals surface area contributed by atoms with Crippen molar-refractivity contribution in [2.45, 2.75) is 6.42 Å². The number of aromatic nitrogens is 2. The van der Waals surface area contributed by atoms with Crippen molar-refractivity contribution in [2.24, 2.45) is 5.16 Å². The summed E-state index contributed by atoms with van der Waals surface area (Å²) >= 11 is 3.33. The van der Waals surface area contributed by atoms with Crippen molar-refractivity contribution in [1.82, 2.24) is 9.97 Å². The second-order valence-electron chi connectivity index (χ2n) is 3.54. The van der Waals surface area contributed by atoms with Crippen molar-refractivity contribution in [3.63, 3.8) is 0 Å². The molecule has 0 unspecified atom stereocenters. The highest BCUT2D eigenvalue weighted by atomic mass is 79.9. The third-order valence-corrected chi connectivity index (χ3v) is 2.86. The van der Waals surface area contributed by atoms with Gasteiger partial charge in [-0.1, -0.05) is 0 Å². The lowest BCUT2D eigenvalue weighted by atomic mass is 10.3. The van der Waals surface area contributed by atoms with E-state index in [9.17, 15) is 4.39 Å². The highest BCUT2D eigenvalue weighted by molar-refractivity contribution is 9.10. The standard InChI is InChI=1S/C12H9BrFN3O2/c13-11-4-10(7-16-12(11)1-2-17-18)19-9-3-8(14)5-15-6-9/h2-7,18H,1H2/b17-2+. The maximum absolute atomic E-state index is 12.9. The van der Waals surface area contributed by atoms with E-state index in [0.717, 1.165) is 6.20 Å². The summed E-state index contributed by atoms with van der Waals surface area (Å²) in [6, 6.07) is 2.92. The minimum absolute atomic E-state index is 0.290. The molecule has 0 aromatic carbocycles. The maximum Gasteiger partial charge on any atom is 0.148 e. The molecule has 5 nitrogen and oxygen atoms in total. The molecule has 0 aliphatic heterocycles. The molecule has 2 heterocycles. The van der Waals surface area contributed by atoms with Gasteiger partial charge in [0.2, 0.25) is 0 Å². The number of hydrogen-bond acceptors (Lipinski definition) is 5.